The van der Waals surface area contributed by atoms with Crippen molar-refractivity contribution in [3.05, 3.63) is 24.3 Å². The summed E-state index contributed by atoms with van der Waals surface area (Å²) in [5.74, 6) is -0.102. The maximum Gasteiger partial charge on any atom is 0.254 e. The van der Waals surface area contributed by atoms with Crippen LogP contribution in [-0.4, -0.2) is 71.5 Å². The molecule has 1 N–H and O–H groups in total. The van der Waals surface area contributed by atoms with Crippen LogP contribution >= 0.6 is 0 Å². The Bertz CT molecular complexity index is 454. The van der Waals surface area contributed by atoms with Crippen LogP contribution in [0, 0.1) is 0 Å². The van der Waals surface area contributed by atoms with E-state index in [0.717, 1.165) is 32.5 Å². The van der Waals surface area contributed by atoms with Gasteiger partial charge in [0.1, 0.15) is 6.33 Å². The van der Waals surface area contributed by atoms with Crippen LogP contribution in [0.15, 0.2) is 18.7 Å². The summed E-state index contributed by atoms with van der Waals surface area (Å²) in [5, 5.41) is 3.04. The van der Waals surface area contributed by atoms with Crippen LogP contribution in [0.25, 0.3) is 0 Å². The predicted molar refractivity (Wildman–Crippen MR) is 82.1 cm³/mol. The lowest BCUT2D eigenvalue weighted by Crippen LogP contribution is -2.58. The number of hydrogen-bond acceptors (Lipinski definition) is 5. The average Bonchev–Trinajstić information content (AvgIpc) is 2.53. The van der Waals surface area contributed by atoms with Crippen molar-refractivity contribution in [3.8, 4) is 0 Å². The van der Waals surface area contributed by atoms with Gasteiger partial charge < -0.3 is 15.1 Å². The molecule has 0 bridgehead atoms. The molecule has 116 valence electrons. The van der Waals surface area contributed by atoms with Crippen molar-refractivity contribution in [2.75, 3.05) is 40.3 Å². The summed E-state index contributed by atoms with van der Waals surface area (Å²) in [7, 11) is 4.19. The van der Waals surface area contributed by atoms with Crippen LogP contribution < -0.4 is 5.32 Å². The van der Waals surface area contributed by atoms with Crippen LogP contribution in [0.3, 0.4) is 0 Å². The number of likely N-dealkylation sites (tertiary alicyclic amines) is 1. The Balaban J connectivity index is 1.97. The van der Waals surface area contributed by atoms with E-state index in [0.29, 0.717) is 12.1 Å². The molecule has 2 heterocycles. The molecule has 0 spiro atoms. The van der Waals surface area contributed by atoms with Crippen LogP contribution in [0.5, 0.6) is 0 Å². The molecule has 2 rings (SSSR count). The van der Waals surface area contributed by atoms with Gasteiger partial charge in [-0.15, -0.1) is 0 Å². The Morgan fingerprint density at radius 2 is 1.95 bits per heavy atom. The van der Waals surface area contributed by atoms with Gasteiger partial charge in [-0.05, 0) is 46.6 Å². The molecule has 0 saturated carbocycles. The Hall–Kier alpha value is -1.53. The molecule has 0 aromatic carbocycles. The number of rotatable bonds is 5. The molecule has 21 heavy (non-hydrogen) atoms. The zero-order valence-corrected chi connectivity index (χ0v) is 13.2. The van der Waals surface area contributed by atoms with Crippen LogP contribution in [0.4, 0.5) is 0 Å². The fraction of sp³-hybridized carbons (Fsp3) is 0.667. The normalized spacial score (nSPS) is 18.7. The maximum atomic E-state index is 12.2. The van der Waals surface area contributed by atoms with Crippen molar-refractivity contribution in [1.29, 1.82) is 0 Å². The van der Waals surface area contributed by atoms with Gasteiger partial charge in [-0.25, -0.2) is 9.97 Å². The monoisotopic (exact) mass is 291 g/mol. The van der Waals surface area contributed by atoms with Crippen LogP contribution in [0.2, 0.25) is 0 Å². The third-order valence-electron chi connectivity index (χ3n) is 4.58. The molecule has 6 heteroatoms. The van der Waals surface area contributed by atoms with E-state index in [-0.39, 0.29) is 11.4 Å². The van der Waals surface area contributed by atoms with E-state index in [4.69, 9.17) is 0 Å². The third kappa shape index (κ3) is 3.77. The molecule has 1 fully saturated rings. The highest BCUT2D eigenvalue weighted by Crippen LogP contribution is 2.26. The van der Waals surface area contributed by atoms with Crippen LogP contribution in [0.1, 0.15) is 30.1 Å². The molecular formula is C15H25N5O. The number of carbonyl (C=O) groups excluding carboxylic acids is 1. The molecule has 1 aromatic rings. The second-order valence-electron chi connectivity index (χ2n) is 5.86. The van der Waals surface area contributed by atoms with E-state index in [1.165, 1.54) is 6.33 Å². The number of piperidine rings is 1. The standard InChI is InChI=1S/C15H25N5O/c1-4-20-7-5-15(6-8-20,19(2)3)11-18-14(21)13-9-16-12-17-10-13/h9-10,12H,4-8,11H2,1-3H3,(H,18,21). The molecule has 1 aliphatic rings. The summed E-state index contributed by atoms with van der Waals surface area (Å²) in [6, 6.07) is 0. The molecule has 1 saturated heterocycles. The quantitative estimate of drug-likeness (QED) is 0.862. The van der Waals surface area contributed by atoms with E-state index in [2.05, 4.69) is 46.1 Å². The summed E-state index contributed by atoms with van der Waals surface area (Å²) in [6.07, 6.45) is 6.66. The Morgan fingerprint density at radius 1 is 1.33 bits per heavy atom. The van der Waals surface area contributed by atoms with E-state index < -0.39 is 0 Å². The van der Waals surface area contributed by atoms with Gasteiger partial charge in [0.25, 0.3) is 5.91 Å². The van der Waals surface area contributed by atoms with Crippen molar-refractivity contribution in [3.63, 3.8) is 0 Å². The number of likely N-dealkylation sites (N-methyl/N-ethyl adjacent to an activating group) is 1. The highest BCUT2D eigenvalue weighted by Gasteiger charge is 2.36. The summed E-state index contributed by atoms with van der Waals surface area (Å²) in [4.78, 5) is 24.6. The lowest BCUT2D eigenvalue weighted by Gasteiger charge is -2.46. The van der Waals surface area contributed by atoms with E-state index in [1.54, 1.807) is 12.4 Å². The summed E-state index contributed by atoms with van der Waals surface area (Å²) in [5.41, 5.74) is 0.550. The molecule has 0 radical (unpaired) electrons. The first-order valence-electron chi connectivity index (χ1n) is 7.50. The van der Waals surface area contributed by atoms with Gasteiger partial charge in [0.15, 0.2) is 0 Å². The first-order chi connectivity index (χ1) is 10.1. The highest BCUT2D eigenvalue weighted by molar-refractivity contribution is 5.93. The minimum Gasteiger partial charge on any atom is -0.350 e. The van der Waals surface area contributed by atoms with Crippen molar-refractivity contribution in [2.45, 2.75) is 25.3 Å². The second kappa shape index (κ2) is 6.95. The topological polar surface area (TPSA) is 61.4 Å². The van der Waals surface area contributed by atoms with Crippen molar-refractivity contribution in [2.24, 2.45) is 0 Å². The lowest BCUT2D eigenvalue weighted by molar-refractivity contribution is 0.0548. The molecule has 6 nitrogen and oxygen atoms in total. The lowest BCUT2D eigenvalue weighted by atomic mass is 9.86. The molecule has 1 aromatic heterocycles. The number of aromatic nitrogens is 2. The van der Waals surface area contributed by atoms with Gasteiger partial charge in [0.05, 0.1) is 5.56 Å². The fourth-order valence-electron chi connectivity index (χ4n) is 2.83. The predicted octanol–water partition coefficient (Wildman–Crippen LogP) is 0.622. The van der Waals surface area contributed by atoms with Gasteiger partial charge >= 0.3 is 0 Å². The Labute approximate surface area is 126 Å². The van der Waals surface area contributed by atoms with Crippen molar-refractivity contribution in [1.82, 2.24) is 25.1 Å². The molecule has 1 aliphatic heterocycles. The van der Waals surface area contributed by atoms with Gasteiger partial charge in [0, 0.05) is 24.5 Å². The minimum atomic E-state index is -0.102. The van der Waals surface area contributed by atoms with Crippen molar-refractivity contribution >= 4 is 5.91 Å². The largest absolute Gasteiger partial charge is 0.350 e. The van der Waals surface area contributed by atoms with E-state index >= 15 is 0 Å². The zero-order valence-electron chi connectivity index (χ0n) is 13.2. The average molecular weight is 291 g/mol. The fourth-order valence-corrected chi connectivity index (χ4v) is 2.83. The zero-order chi connectivity index (χ0) is 15.3. The smallest absolute Gasteiger partial charge is 0.254 e. The SMILES string of the molecule is CCN1CCC(CNC(=O)c2cncnc2)(N(C)C)CC1. The van der Waals surface area contributed by atoms with E-state index in [1.807, 2.05) is 0 Å². The van der Waals surface area contributed by atoms with Gasteiger partial charge in [-0.1, -0.05) is 6.92 Å². The van der Waals surface area contributed by atoms with E-state index in [9.17, 15) is 4.79 Å². The molecule has 1 amide bonds. The minimum absolute atomic E-state index is 0.0387. The number of amides is 1. The summed E-state index contributed by atoms with van der Waals surface area (Å²) < 4.78 is 0. The maximum absolute atomic E-state index is 12.2. The van der Waals surface area contributed by atoms with Gasteiger partial charge in [0.2, 0.25) is 0 Å². The van der Waals surface area contributed by atoms with Gasteiger partial charge in [-0.3, -0.25) is 4.79 Å². The molecule has 0 aliphatic carbocycles. The molecule has 0 atom stereocenters. The first kappa shape index (κ1) is 15.9. The number of nitrogens with zero attached hydrogens (tertiary/aromatic N) is 4. The number of hydrogen-bond donors (Lipinski definition) is 1. The second-order valence-corrected chi connectivity index (χ2v) is 5.86. The molecule has 0 unspecified atom stereocenters. The van der Waals surface area contributed by atoms with Crippen LogP contribution in [-0.2, 0) is 0 Å². The van der Waals surface area contributed by atoms with Crippen molar-refractivity contribution < 1.29 is 4.79 Å². The van der Waals surface area contributed by atoms with Gasteiger partial charge in [-0.2, -0.15) is 0 Å². The summed E-state index contributed by atoms with van der Waals surface area (Å²) in [6.45, 7) is 6.11. The highest BCUT2D eigenvalue weighted by atomic mass is 16.1. The third-order valence-corrected chi connectivity index (χ3v) is 4.58. The first-order valence-corrected chi connectivity index (χ1v) is 7.50. The Kier molecular flexibility index (Phi) is 5.25. The number of carbonyl (C=O) groups is 1. The number of nitrogens with one attached hydrogen (secondary N) is 1. The summed E-state index contributed by atoms with van der Waals surface area (Å²) >= 11 is 0. The Morgan fingerprint density at radius 3 is 2.48 bits per heavy atom. The molecular weight excluding hydrogens is 266 g/mol.